The van der Waals surface area contributed by atoms with Gasteiger partial charge in [-0.15, -0.1) is 22.7 Å². The monoisotopic (exact) mass is 441 g/mol. The summed E-state index contributed by atoms with van der Waals surface area (Å²) in [7, 11) is 0. The zero-order chi connectivity index (χ0) is 21.5. The molecule has 0 fully saturated rings. The number of hydrogen-bond acceptors (Lipinski definition) is 8. The van der Waals surface area contributed by atoms with E-state index in [1.165, 1.54) is 6.92 Å². The van der Waals surface area contributed by atoms with E-state index in [9.17, 15) is 4.79 Å². The summed E-state index contributed by atoms with van der Waals surface area (Å²) < 4.78 is 5.55. The molecule has 3 aromatic rings. The number of carbonyl (C=O) groups excluding carboxylic acids is 1. The van der Waals surface area contributed by atoms with Crippen molar-refractivity contribution < 1.29 is 9.53 Å². The zero-order valence-corrected chi connectivity index (χ0v) is 18.6. The van der Waals surface area contributed by atoms with E-state index in [1.807, 2.05) is 49.6 Å². The van der Waals surface area contributed by atoms with Gasteiger partial charge in [0.25, 0.3) is 5.91 Å². The number of nitrogens with zero attached hydrogens (tertiary/aromatic N) is 2. The predicted molar refractivity (Wildman–Crippen MR) is 124 cm³/mol. The summed E-state index contributed by atoms with van der Waals surface area (Å²) in [5, 5.41) is 17.7. The van der Waals surface area contributed by atoms with Gasteiger partial charge in [-0.2, -0.15) is 5.10 Å². The highest BCUT2D eigenvalue weighted by Gasteiger charge is 2.16. The second-order valence-electron chi connectivity index (χ2n) is 6.30. The first-order valence-electron chi connectivity index (χ1n) is 9.39. The van der Waals surface area contributed by atoms with Gasteiger partial charge in [-0.25, -0.2) is 4.98 Å². The summed E-state index contributed by atoms with van der Waals surface area (Å²) in [5.41, 5.74) is 4.48. The molecule has 30 heavy (non-hydrogen) atoms. The summed E-state index contributed by atoms with van der Waals surface area (Å²) in [6, 6.07) is 11.3. The Bertz CT molecular complexity index is 1060. The van der Waals surface area contributed by atoms with Gasteiger partial charge < -0.3 is 15.5 Å². The van der Waals surface area contributed by atoms with Gasteiger partial charge in [0.05, 0.1) is 35.1 Å². The van der Waals surface area contributed by atoms with E-state index in [2.05, 4.69) is 20.8 Å². The number of benzene rings is 1. The van der Waals surface area contributed by atoms with E-state index in [1.54, 1.807) is 28.7 Å². The summed E-state index contributed by atoms with van der Waals surface area (Å²) in [5.74, 6) is 0.194. The molecule has 0 saturated carbocycles. The SMILES string of the molecule is CCOc1ccccc1N/N=C(\C(C)=N)C(=O)NCc1nc(-c2cccs2)c(C)s1. The van der Waals surface area contributed by atoms with Crippen LogP contribution in [0.15, 0.2) is 46.9 Å². The van der Waals surface area contributed by atoms with E-state index in [-0.39, 0.29) is 18.0 Å². The number of hydrazone groups is 1. The number of para-hydroxylation sites is 2. The van der Waals surface area contributed by atoms with Crippen molar-refractivity contribution in [2.45, 2.75) is 27.3 Å². The molecule has 2 aromatic heterocycles. The number of hydrogen-bond donors (Lipinski definition) is 3. The molecule has 156 valence electrons. The van der Waals surface area contributed by atoms with E-state index < -0.39 is 5.91 Å². The van der Waals surface area contributed by atoms with Crippen molar-refractivity contribution in [3.8, 4) is 16.3 Å². The van der Waals surface area contributed by atoms with Crippen LogP contribution >= 0.6 is 22.7 Å². The van der Waals surface area contributed by atoms with Crippen LogP contribution < -0.4 is 15.5 Å². The van der Waals surface area contributed by atoms with E-state index in [0.29, 0.717) is 18.0 Å². The summed E-state index contributed by atoms with van der Waals surface area (Å²) in [6.45, 7) is 6.23. The van der Waals surface area contributed by atoms with Gasteiger partial charge in [0.1, 0.15) is 10.8 Å². The van der Waals surface area contributed by atoms with E-state index >= 15 is 0 Å². The number of thiophene rings is 1. The number of aryl methyl sites for hydroxylation is 1. The molecular weight excluding hydrogens is 418 g/mol. The van der Waals surface area contributed by atoms with Crippen LogP contribution in [-0.4, -0.2) is 28.9 Å². The van der Waals surface area contributed by atoms with Crippen molar-refractivity contribution in [3.05, 3.63) is 51.7 Å². The molecule has 9 heteroatoms. The Morgan fingerprint density at radius 2 is 2.07 bits per heavy atom. The van der Waals surface area contributed by atoms with Gasteiger partial charge in [0.2, 0.25) is 0 Å². The molecular formula is C21H23N5O2S2. The van der Waals surface area contributed by atoms with Gasteiger partial charge in [-0.3, -0.25) is 10.2 Å². The molecule has 0 unspecified atom stereocenters. The largest absolute Gasteiger partial charge is 0.492 e. The van der Waals surface area contributed by atoms with Crippen molar-refractivity contribution in [2.24, 2.45) is 5.10 Å². The maximum absolute atomic E-state index is 12.6. The second-order valence-corrected chi connectivity index (χ2v) is 8.53. The molecule has 7 nitrogen and oxygen atoms in total. The second kappa shape index (κ2) is 10.1. The maximum atomic E-state index is 12.6. The van der Waals surface area contributed by atoms with Gasteiger partial charge in [-0.05, 0) is 44.4 Å². The van der Waals surface area contributed by atoms with E-state index in [0.717, 1.165) is 20.5 Å². The van der Waals surface area contributed by atoms with Crippen molar-refractivity contribution >= 4 is 45.7 Å². The molecule has 0 aliphatic rings. The van der Waals surface area contributed by atoms with Gasteiger partial charge in [0.15, 0.2) is 5.71 Å². The first-order chi connectivity index (χ1) is 14.5. The van der Waals surface area contributed by atoms with Crippen LogP contribution in [0.2, 0.25) is 0 Å². The number of amides is 1. The fourth-order valence-electron chi connectivity index (χ4n) is 2.67. The van der Waals surface area contributed by atoms with Crippen molar-refractivity contribution in [1.29, 1.82) is 5.41 Å². The molecule has 1 aromatic carbocycles. The normalized spacial score (nSPS) is 11.2. The molecule has 0 bridgehead atoms. The smallest absolute Gasteiger partial charge is 0.273 e. The average Bonchev–Trinajstić information content (AvgIpc) is 3.37. The van der Waals surface area contributed by atoms with Crippen LogP contribution in [0.3, 0.4) is 0 Å². The number of ether oxygens (including phenoxy) is 1. The zero-order valence-electron chi connectivity index (χ0n) is 17.0. The fourth-order valence-corrected chi connectivity index (χ4v) is 4.39. The van der Waals surface area contributed by atoms with Crippen molar-refractivity contribution in [1.82, 2.24) is 10.3 Å². The molecule has 0 spiro atoms. The Balaban J connectivity index is 1.69. The predicted octanol–water partition coefficient (Wildman–Crippen LogP) is 4.70. The van der Waals surface area contributed by atoms with Crippen LogP contribution in [0.4, 0.5) is 5.69 Å². The molecule has 1 amide bonds. The number of anilines is 1. The highest BCUT2D eigenvalue weighted by atomic mass is 32.1. The van der Waals surface area contributed by atoms with Crippen LogP contribution in [0.1, 0.15) is 23.7 Å². The Hall–Kier alpha value is -3.04. The lowest BCUT2D eigenvalue weighted by atomic mass is 10.2. The number of thiazole rings is 1. The molecule has 0 aliphatic carbocycles. The molecule has 0 saturated heterocycles. The number of carbonyl (C=O) groups is 1. The van der Waals surface area contributed by atoms with Gasteiger partial charge in [-0.1, -0.05) is 18.2 Å². The minimum absolute atomic E-state index is 0.00746. The first kappa shape index (κ1) is 21.7. The highest BCUT2D eigenvalue weighted by molar-refractivity contribution is 7.15. The summed E-state index contributed by atoms with van der Waals surface area (Å²) >= 11 is 3.18. The lowest BCUT2D eigenvalue weighted by Crippen LogP contribution is -2.35. The average molecular weight is 442 g/mol. The summed E-state index contributed by atoms with van der Waals surface area (Å²) in [4.78, 5) is 19.5. The van der Waals surface area contributed by atoms with Crippen molar-refractivity contribution in [3.63, 3.8) is 0 Å². The van der Waals surface area contributed by atoms with E-state index in [4.69, 9.17) is 10.1 Å². The lowest BCUT2D eigenvalue weighted by molar-refractivity contribution is -0.114. The Labute approximate surface area is 183 Å². The number of rotatable bonds is 9. The highest BCUT2D eigenvalue weighted by Crippen LogP contribution is 2.30. The standard InChI is InChI=1S/C21H23N5O2S2/c1-4-28-16-9-6-5-8-15(16)25-26-19(13(2)22)21(27)23-12-18-24-20(14(3)30-18)17-10-7-11-29-17/h5-11,22,25H,4,12H2,1-3H3,(H,23,27)/b22-13?,26-19+. The molecule has 3 rings (SSSR count). The molecule has 0 atom stereocenters. The first-order valence-corrected chi connectivity index (χ1v) is 11.1. The minimum Gasteiger partial charge on any atom is -0.492 e. The summed E-state index contributed by atoms with van der Waals surface area (Å²) in [6.07, 6.45) is 0. The third-order valence-electron chi connectivity index (χ3n) is 4.04. The number of aromatic nitrogens is 1. The fraction of sp³-hybridized carbons (Fsp3) is 0.238. The number of nitrogens with one attached hydrogen (secondary N) is 3. The maximum Gasteiger partial charge on any atom is 0.273 e. The quantitative estimate of drug-likeness (QED) is 0.331. The van der Waals surface area contributed by atoms with Crippen molar-refractivity contribution in [2.75, 3.05) is 12.0 Å². The third-order valence-corrected chi connectivity index (χ3v) is 5.89. The Morgan fingerprint density at radius 3 is 2.77 bits per heavy atom. The minimum atomic E-state index is -0.436. The molecule has 3 N–H and O–H groups in total. The van der Waals surface area contributed by atoms with Crippen LogP contribution in [-0.2, 0) is 11.3 Å². The van der Waals surface area contributed by atoms with Crippen LogP contribution in [0.25, 0.3) is 10.6 Å². The lowest BCUT2D eigenvalue weighted by Gasteiger charge is -2.10. The molecule has 0 radical (unpaired) electrons. The van der Waals surface area contributed by atoms with Gasteiger partial charge >= 0.3 is 0 Å². The Kier molecular flexibility index (Phi) is 7.31. The van der Waals surface area contributed by atoms with Crippen LogP contribution in [0, 0.1) is 12.3 Å². The third kappa shape index (κ3) is 5.31. The van der Waals surface area contributed by atoms with Crippen LogP contribution in [0.5, 0.6) is 5.75 Å². The van der Waals surface area contributed by atoms with Gasteiger partial charge in [0, 0.05) is 4.88 Å². The topological polar surface area (TPSA) is 99.5 Å². The molecule has 2 heterocycles. The Morgan fingerprint density at radius 1 is 1.27 bits per heavy atom. The molecule has 0 aliphatic heterocycles.